The first-order valence-electron chi connectivity index (χ1n) is 28.8. The van der Waals surface area contributed by atoms with Crippen molar-refractivity contribution in [3.05, 3.63) is 60.8 Å². The second-order valence-corrected chi connectivity index (χ2v) is 19.2. The summed E-state index contributed by atoms with van der Waals surface area (Å²) >= 11 is 0. The Morgan fingerprint density at radius 3 is 0.970 bits per heavy atom. The van der Waals surface area contributed by atoms with Gasteiger partial charge in [-0.05, 0) is 77.0 Å². The van der Waals surface area contributed by atoms with Gasteiger partial charge in [-0.15, -0.1) is 0 Å². The Morgan fingerprint density at radius 2 is 0.597 bits per heavy atom. The maximum absolute atomic E-state index is 12.8. The van der Waals surface area contributed by atoms with E-state index in [2.05, 4.69) is 81.5 Å². The summed E-state index contributed by atoms with van der Waals surface area (Å²) in [5, 5.41) is 0. The Morgan fingerprint density at radius 1 is 0.313 bits per heavy atom. The zero-order valence-corrected chi connectivity index (χ0v) is 44.4. The van der Waals surface area contributed by atoms with E-state index in [1.807, 2.05) is 0 Å². The Kier molecular flexibility index (Phi) is 53.3. The normalized spacial score (nSPS) is 12.5. The minimum atomic E-state index is -0.772. The van der Waals surface area contributed by atoms with E-state index in [1.54, 1.807) is 0 Å². The lowest BCUT2D eigenvalue weighted by Gasteiger charge is -2.18. The van der Waals surface area contributed by atoms with Gasteiger partial charge < -0.3 is 14.2 Å². The van der Waals surface area contributed by atoms with E-state index in [0.717, 1.165) is 96.3 Å². The third-order valence-corrected chi connectivity index (χ3v) is 12.5. The van der Waals surface area contributed by atoms with Gasteiger partial charge in [0.25, 0.3) is 0 Å². The van der Waals surface area contributed by atoms with Crippen LogP contribution >= 0.6 is 0 Å². The van der Waals surface area contributed by atoms with Crippen molar-refractivity contribution in [3.8, 4) is 0 Å². The number of carbonyl (C=O) groups excluding carboxylic acids is 3. The maximum atomic E-state index is 12.8. The molecule has 0 spiro atoms. The largest absolute Gasteiger partial charge is 0.462 e. The topological polar surface area (TPSA) is 78.9 Å². The third-order valence-electron chi connectivity index (χ3n) is 12.5. The fraction of sp³-hybridized carbons (Fsp3) is 0.787. The fourth-order valence-electron chi connectivity index (χ4n) is 8.18. The summed E-state index contributed by atoms with van der Waals surface area (Å²) in [5.74, 6) is -0.877. The van der Waals surface area contributed by atoms with Crippen molar-refractivity contribution in [2.75, 3.05) is 13.2 Å². The SMILES string of the molecule is CC/C=C\C/C=C\C/C=C\C/C=C\CCCCCCCCCCCCCCCCCCC(=O)OCC(COC(=O)CCCCCCCCCCC)OC(=O)CCCCCCC/C=C\CCCC. The highest BCUT2D eigenvalue weighted by Crippen LogP contribution is 2.16. The summed E-state index contributed by atoms with van der Waals surface area (Å²) in [5.41, 5.74) is 0. The summed E-state index contributed by atoms with van der Waals surface area (Å²) in [6.45, 7) is 6.48. The van der Waals surface area contributed by atoms with Crippen molar-refractivity contribution in [1.29, 1.82) is 0 Å². The van der Waals surface area contributed by atoms with E-state index in [-0.39, 0.29) is 31.1 Å². The zero-order chi connectivity index (χ0) is 48.6. The van der Waals surface area contributed by atoms with Gasteiger partial charge >= 0.3 is 17.9 Å². The zero-order valence-electron chi connectivity index (χ0n) is 44.4. The molecule has 0 amide bonds. The van der Waals surface area contributed by atoms with Crippen molar-refractivity contribution >= 4 is 17.9 Å². The first-order valence-corrected chi connectivity index (χ1v) is 28.8. The van der Waals surface area contributed by atoms with Crippen LogP contribution in [0.2, 0.25) is 0 Å². The Labute approximate surface area is 415 Å². The molecule has 0 fully saturated rings. The molecule has 0 saturated heterocycles. The summed E-state index contributed by atoms with van der Waals surface area (Å²) in [6, 6.07) is 0. The molecule has 0 bridgehead atoms. The van der Waals surface area contributed by atoms with E-state index < -0.39 is 6.10 Å². The van der Waals surface area contributed by atoms with Crippen molar-refractivity contribution in [2.24, 2.45) is 0 Å². The number of esters is 3. The van der Waals surface area contributed by atoms with Crippen LogP contribution in [0.25, 0.3) is 0 Å². The van der Waals surface area contributed by atoms with E-state index in [9.17, 15) is 14.4 Å². The molecule has 0 aliphatic carbocycles. The van der Waals surface area contributed by atoms with Crippen LogP contribution in [-0.4, -0.2) is 37.2 Å². The predicted octanol–water partition coefficient (Wildman–Crippen LogP) is 19.2. The van der Waals surface area contributed by atoms with Crippen LogP contribution in [-0.2, 0) is 28.6 Å². The predicted molar refractivity (Wildman–Crippen MR) is 288 cm³/mol. The highest BCUT2D eigenvalue weighted by molar-refractivity contribution is 5.71. The summed E-state index contributed by atoms with van der Waals surface area (Å²) in [4.78, 5) is 37.9. The molecular formula is C61H108O6. The lowest BCUT2D eigenvalue weighted by Crippen LogP contribution is -2.30. The highest BCUT2D eigenvalue weighted by Gasteiger charge is 2.19. The first kappa shape index (κ1) is 64.1. The van der Waals surface area contributed by atoms with E-state index in [1.165, 1.54) is 154 Å². The minimum absolute atomic E-state index is 0.0737. The number of allylic oxidation sites excluding steroid dienone is 10. The molecule has 0 aromatic carbocycles. The van der Waals surface area contributed by atoms with Gasteiger partial charge in [-0.2, -0.15) is 0 Å². The van der Waals surface area contributed by atoms with Gasteiger partial charge in [0.1, 0.15) is 13.2 Å². The van der Waals surface area contributed by atoms with Crippen molar-refractivity contribution in [2.45, 2.75) is 297 Å². The van der Waals surface area contributed by atoms with E-state index >= 15 is 0 Å². The number of unbranched alkanes of at least 4 members (excludes halogenated alkanes) is 31. The molecule has 0 radical (unpaired) electrons. The molecule has 388 valence electrons. The highest BCUT2D eigenvalue weighted by atomic mass is 16.6. The minimum Gasteiger partial charge on any atom is -0.462 e. The van der Waals surface area contributed by atoms with Crippen molar-refractivity contribution in [1.82, 2.24) is 0 Å². The molecular weight excluding hydrogens is 829 g/mol. The van der Waals surface area contributed by atoms with Crippen LogP contribution in [0.4, 0.5) is 0 Å². The van der Waals surface area contributed by atoms with Gasteiger partial charge in [-0.3, -0.25) is 14.4 Å². The molecule has 0 aromatic heterocycles. The molecule has 6 nitrogen and oxygen atoms in total. The molecule has 0 saturated carbocycles. The standard InChI is InChI=1S/C61H108O6/c1-4-7-10-13-16-19-21-22-23-24-25-26-27-28-29-30-31-32-33-34-35-36-37-38-40-42-45-48-51-54-60(63)66-57-58(56-65-59(62)53-50-47-44-41-18-15-12-9-6-3)67-61(64)55-52-49-46-43-39-20-17-14-11-8-5-2/h7,10,14,16-17,19,22-23,25-26,58H,4-6,8-9,11-13,15,18,20-21,24,27-57H2,1-3H3/b10-7-,17-14-,19-16-,23-22-,26-25-. The van der Waals surface area contributed by atoms with Crippen LogP contribution in [0, 0.1) is 0 Å². The molecule has 0 aliphatic rings. The maximum Gasteiger partial charge on any atom is 0.306 e. The van der Waals surface area contributed by atoms with Crippen LogP contribution in [0.15, 0.2) is 60.8 Å². The van der Waals surface area contributed by atoms with Gasteiger partial charge in [0.15, 0.2) is 6.10 Å². The number of hydrogen-bond acceptors (Lipinski definition) is 6. The van der Waals surface area contributed by atoms with Crippen LogP contribution in [0.1, 0.15) is 290 Å². The molecule has 1 unspecified atom stereocenters. The molecule has 0 aliphatic heterocycles. The van der Waals surface area contributed by atoms with Gasteiger partial charge in [0, 0.05) is 19.3 Å². The average molecular weight is 938 g/mol. The molecule has 6 heteroatoms. The lowest BCUT2D eigenvalue weighted by atomic mass is 10.0. The molecule has 0 N–H and O–H groups in total. The fourth-order valence-corrected chi connectivity index (χ4v) is 8.18. The van der Waals surface area contributed by atoms with Gasteiger partial charge in [0.2, 0.25) is 0 Å². The number of rotatable bonds is 52. The third kappa shape index (κ3) is 53.9. The second-order valence-electron chi connectivity index (χ2n) is 19.2. The Bertz CT molecular complexity index is 1210. The lowest BCUT2D eigenvalue weighted by molar-refractivity contribution is -0.167. The number of hydrogen-bond donors (Lipinski definition) is 0. The van der Waals surface area contributed by atoms with Gasteiger partial charge in [-0.1, -0.05) is 255 Å². The number of ether oxygens (including phenoxy) is 3. The Hall–Kier alpha value is -2.89. The average Bonchev–Trinajstić information content (AvgIpc) is 3.33. The van der Waals surface area contributed by atoms with Gasteiger partial charge in [0.05, 0.1) is 0 Å². The van der Waals surface area contributed by atoms with Crippen molar-refractivity contribution < 1.29 is 28.6 Å². The second kappa shape index (κ2) is 55.7. The van der Waals surface area contributed by atoms with E-state index in [4.69, 9.17) is 14.2 Å². The Balaban J connectivity index is 4.06. The van der Waals surface area contributed by atoms with Crippen LogP contribution in [0.3, 0.4) is 0 Å². The molecule has 1 atom stereocenters. The smallest absolute Gasteiger partial charge is 0.306 e. The van der Waals surface area contributed by atoms with Crippen LogP contribution < -0.4 is 0 Å². The van der Waals surface area contributed by atoms with E-state index in [0.29, 0.717) is 19.3 Å². The summed E-state index contributed by atoms with van der Waals surface area (Å²) < 4.78 is 16.8. The van der Waals surface area contributed by atoms with Crippen molar-refractivity contribution in [3.63, 3.8) is 0 Å². The molecule has 67 heavy (non-hydrogen) atoms. The van der Waals surface area contributed by atoms with Gasteiger partial charge in [-0.25, -0.2) is 0 Å². The van der Waals surface area contributed by atoms with Crippen LogP contribution in [0.5, 0.6) is 0 Å². The summed E-state index contributed by atoms with van der Waals surface area (Å²) in [7, 11) is 0. The molecule has 0 rings (SSSR count). The molecule has 0 heterocycles. The quantitative estimate of drug-likeness (QED) is 0.0262. The molecule has 0 aromatic rings. The summed E-state index contributed by atoms with van der Waals surface area (Å²) in [6.07, 6.45) is 69.5. The first-order chi connectivity index (χ1) is 33.0. The number of carbonyl (C=O) groups is 3. The monoisotopic (exact) mass is 937 g/mol.